The highest BCUT2D eigenvalue weighted by atomic mass is 35.5. The number of sulfonamides is 1. The van der Waals surface area contributed by atoms with Gasteiger partial charge in [-0.25, -0.2) is 8.42 Å². The van der Waals surface area contributed by atoms with Gasteiger partial charge in [0, 0.05) is 18.6 Å². The highest BCUT2D eigenvalue weighted by Crippen LogP contribution is 2.29. The third-order valence-corrected chi connectivity index (χ3v) is 8.31. The van der Waals surface area contributed by atoms with Crippen LogP contribution in [0.25, 0.3) is 0 Å². The topological polar surface area (TPSA) is 86.8 Å². The summed E-state index contributed by atoms with van der Waals surface area (Å²) in [5.74, 6) is -0.911. The molecule has 1 N–H and O–H groups in total. The lowest BCUT2D eigenvalue weighted by Crippen LogP contribution is -2.50. The zero-order valence-electron chi connectivity index (χ0n) is 20.7. The van der Waals surface area contributed by atoms with E-state index in [-0.39, 0.29) is 17.3 Å². The van der Waals surface area contributed by atoms with E-state index in [1.54, 1.807) is 61.5 Å². The van der Waals surface area contributed by atoms with Crippen LogP contribution >= 0.6 is 11.6 Å². The van der Waals surface area contributed by atoms with E-state index in [0.29, 0.717) is 16.3 Å². The van der Waals surface area contributed by atoms with Crippen molar-refractivity contribution in [2.75, 3.05) is 17.9 Å². The van der Waals surface area contributed by atoms with Gasteiger partial charge in [-0.3, -0.25) is 13.9 Å². The normalized spacial score (nSPS) is 12.0. The molecule has 0 fully saturated rings. The summed E-state index contributed by atoms with van der Waals surface area (Å²) in [6, 6.07) is 19.5. The van der Waals surface area contributed by atoms with Crippen molar-refractivity contribution < 1.29 is 18.0 Å². The van der Waals surface area contributed by atoms with E-state index < -0.39 is 28.5 Å². The molecule has 3 aromatic carbocycles. The molecular formula is C27H30ClN3O4S. The van der Waals surface area contributed by atoms with Crippen LogP contribution in [0.1, 0.15) is 23.6 Å². The Kier molecular flexibility index (Phi) is 8.76. The van der Waals surface area contributed by atoms with Gasteiger partial charge in [0.25, 0.3) is 10.0 Å². The first kappa shape index (κ1) is 27.2. The first-order chi connectivity index (χ1) is 17.1. The van der Waals surface area contributed by atoms with Crippen LogP contribution in [0.5, 0.6) is 0 Å². The molecule has 9 heteroatoms. The molecule has 0 saturated carbocycles. The second kappa shape index (κ2) is 11.6. The highest BCUT2D eigenvalue weighted by Gasteiger charge is 2.33. The lowest BCUT2D eigenvalue weighted by atomic mass is 10.1. The van der Waals surface area contributed by atoms with Crippen LogP contribution in [-0.2, 0) is 26.2 Å². The lowest BCUT2D eigenvalue weighted by molar-refractivity contribution is -0.139. The Morgan fingerprint density at radius 1 is 0.944 bits per heavy atom. The van der Waals surface area contributed by atoms with Crippen LogP contribution in [0.3, 0.4) is 0 Å². The van der Waals surface area contributed by atoms with Gasteiger partial charge in [-0.15, -0.1) is 0 Å². The Morgan fingerprint density at radius 3 is 2.22 bits per heavy atom. The van der Waals surface area contributed by atoms with Gasteiger partial charge in [-0.2, -0.15) is 0 Å². The summed E-state index contributed by atoms with van der Waals surface area (Å²) in [7, 11) is -2.61. The number of hydrogen-bond acceptors (Lipinski definition) is 4. The minimum absolute atomic E-state index is 0.0408. The molecule has 36 heavy (non-hydrogen) atoms. The zero-order chi connectivity index (χ0) is 26.5. The zero-order valence-corrected chi connectivity index (χ0v) is 22.3. The van der Waals surface area contributed by atoms with E-state index in [1.165, 1.54) is 24.1 Å². The van der Waals surface area contributed by atoms with Crippen LogP contribution < -0.4 is 9.62 Å². The summed E-state index contributed by atoms with van der Waals surface area (Å²) in [6.07, 6.45) is 0. The molecule has 0 spiro atoms. The molecule has 190 valence electrons. The molecule has 3 rings (SSSR count). The van der Waals surface area contributed by atoms with Gasteiger partial charge in [-0.05, 0) is 61.7 Å². The second-order valence-corrected chi connectivity index (χ2v) is 10.7. The van der Waals surface area contributed by atoms with Crippen molar-refractivity contribution in [1.29, 1.82) is 0 Å². The number of nitrogens with zero attached hydrogens (tertiary/aromatic N) is 2. The van der Waals surface area contributed by atoms with Crippen molar-refractivity contribution in [2.45, 2.75) is 38.3 Å². The summed E-state index contributed by atoms with van der Waals surface area (Å²) in [5, 5.41) is 3.01. The van der Waals surface area contributed by atoms with Crippen molar-refractivity contribution in [3.05, 3.63) is 94.5 Å². The van der Waals surface area contributed by atoms with E-state index in [0.717, 1.165) is 15.4 Å². The van der Waals surface area contributed by atoms with Gasteiger partial charge in [0.15, 0.2) is 0 Å². The molecule has 0 aromatic heterocycles. The number of amides is 2. The molecule has 0 aliphatic carbocycles. The third kappa shape index (κ3) is 5.88. The van der Waals surface area contributed by atoms with Crippen LogP contribution in [0.2, 0.25) is 5.02 Å². The van der Waals surface area contributed by atoms with Crippen molar-refractivity contribution >= 4 is 39.1 Å². The molecule has 0 aliphatic rings. The van der Waals surface area contributed by atoms with E-state index in [1.807, 2.05) is 19.9 Å². The van der Waals surface area contributed by atoms with Gasteiger partial charge in [0.2, 0.25) is 11.8 Å². The molecule has 0 radical (unpaired) electrons. The van der Waals surface area contributed by atoms with Crippen molar-refractivity contribution in [1.82, 2.24) is 10.2 Å². The van der Waals surface area contributed by atoms with Gasteiger partial charge < -0.3 is 10.2 Å². The molecule has 0 bridgehead atoms. The van der Waals surface area contributed by atoms with Crippen LogP contribution in [0.4, 0.5) is 5.69 Å². The van der Waals surface area contributed by atoms with Crippen molar-refractivity contribution in [3.63, 3.8) is 0 Å². The summed E-state index contributed by atoms with van der Waals surface area (Å²) < 4.78 is 28.7. The smallest absolute Gasteiger partial charge is 0.264 e. The second-order valence-electron chi connectivity index (χ2n) is 8.45. The molecule has 7 nitrogen and oxygen atoms in total. The maximum absolute atomic E-state index is 13.8. The molecule has 3 aromatic rings. The predicted octanol–water partition coefficient (Wildman–Crippen LogP) is 4.32. The number of hydrogen-bond donors (Lipinski definition) is 1. The molecule has 2 amide bonds. The Balaban J connectivity index is 2.08. The van der Waals surface area contributed by atoms with Gasteiger partial charge in [0.1, 0.15) is 12.6 Å². The van der Waals surface area contributed by atoms with E-state index in [9.17, 15) is 18.0 Å². The number of nitrogens with one attached hydrogen (secondary N) is 1. The number of anilines is 1. The fourth-order valence-electron chi connectivity index (χ4n) is 3.84. The fraction of sp³-hybridized carbons (Fsp3) is 0.259. The SMILES string of the molecule is CNC(=O)C(C)N(Cc1ccccc1Cl)C(=O)CN(c1cccc(C)c1C)S(=O)(=O)c1ccccc1. The van der Waals surface area contributed by atoms with Crippen LogP contribution in [0, 0.1) is 13.8 Å². The minimum Gasteiger partial charge on any atom is -0.357 e. The molecule has 0 aliphatic heterocycles. The number of carbonyl (C=O) groups is 2. The Hall–Kier alpha value is -3.36. The van der Waals surface area contributed by atoms with Gasteiger partial charge in [0.05, 0.1) is 10.6 Å². The van der Waals surface area contributed by atoms with Crippen LogP contribution in [-0.4, -0.2) is 44.8 Å². The highest BCUT2D eigenvalue weighted by molar-refractivity contribution is 7.92. The number of aryl methyl sites for hydroxylation is 1. The first-order valence-electron chi connectivity index (χ1n) is 11.5. The summed E-state index contributed by atoms with van der Waals surface area (Å²) in [4.78, 5) is 27.7. The quantitative estimate of drug-likeness (QED) is 0.449. The summed E-state index contributed by atoms with van der Waals surface area (Å²) in [6.45, 7) is 4.84. The van der Waals surface area contributed by atoms with E-state index >= 15 is 0 Å². The largest absolute Gasteiger partial charge is 0.357 e. The molecule has 1 atom stereocenters. The average Bonchev–Trinajstić information content (AvgIpc) is 2.88. The summed E-state index contributed by atoms with van der Waals surface area (Å²) in [5.41, 5.74) is 2.67. The molecule has 0 heterocycles. The Morgan fingerprint density at radius 2 is 1.58 bits per heavy atom. The monoisotopic (exact) mass is 527 g/mol. The van der Waals surface area contributed by atoms with Gasteiger partial charge in [-0.1, -0.05) is 60.1 Å². The summed E-state index contributed by atoms with van der Waals surface area (Å²) >= 11 is 6.34. The van der Waals surface area contributed by atoms with Crippen molar-refractivity contribution in [3.8, 4) is 0 Å². The number of likely N-dealkylation sites (N-methyl/N-ethyl adjacent to an activating group) is 1. The Labute approximate surface area is 217 Å². The molecule has 1 unspecified atom stereocenters. The van der Waals surface area contributed by atoms with Gasteiger partial charge >= 0.3 is 0 Å². The number of rotatable bonds is 9. The number of benzene rings is 3. The fourth-order valence-corrected chi connectivity index (χ4v) is 5.53. The van der Waals surface area contributed by atoms with E-state index in [4.69, 9.17) is 11.6 Å². The molecule has 0 saturated heterocycles. The standard InChI is InChI=1S/C27H30ClN3O4S/c1-19-11-10-16-25(20(19)2)31(36(34,35)23-13-6-5-7-14-23)18-26(32)30(21(3)27(33)29-4)17-22-12-8-9-15-24(22)28/h5-16,21H,17-18H2,1-4H3,(H,29,33). The van der Waals surface area contributed by atoms with E-state index in [2.05, 4.69) is 5.32 Å². The Bertz CT molecular complexity index is 1350. The maximum atomic E-state index is 13.8. The average molecular weight is 528 g/mol. The third-order valence-electron chi connectivity index (χ3n) is 6.17. The number of halogens is 1. The molecular weight excluding hydrogens is 498 g/mol. The minimum atomic E-state index is -4.10. The maximum Gasteiger partial charge on any atom is 0.264 e. The number of carbonyl (C=O) groups excluding carboxylic acids is 2. The van der Waals surface area contributed by atoms with Crippen LogP contribution in [0.15, 0.2) is 77.7 Å². The van der Waals surface area contributed by atoms with Crippen molar-refractivity contribution in [2.24, 2.45) is 0 Å². The predicted molar refractivity (Wildman–Crippen MR) is 142 cm³/mol. The lowest BCUT2D eigenvalue weighted by Gasteiger charge is -2.32. The first-order valence-corrected chi connectivity index (χ1v) is 13.3.